The maximum Gasteiger partial charge on any atom is 0.420 e. The van der Waals surface area contributed by atoms with Crippen molar-refractivity contribution in [2.75, 3.05) is 0 Å². The molecule has 0 bridgehead atoms. The van der Waals surface area contributed by atoms with E-state index in [9.17, 15) is 22.8 Å². The first kappa shape index (κ1) is 23.3. The number of nitrogens with zero attached hydrogens (tertiary/aromatic N) is 2. The molecule has 6 nitrogen and oxygen atoms in total. The van der Waals surface area contributed by atoms with Crippen LogP contribution in [0.3, 0.4) is 0 Å². The van der Waals surface area contributed by atoms with Gasteiger partial charge in [0.15, 0.2) is 0 Å². The van der Waals surface area contributed by atoms with Crippen molar-refractivity contribution in [1.29, 1.82) is 5.26 Å². The van der Waals surface area contributed by atoms with Crippen LogP contribution < -0.4 is 0 Å². The Morgan fingerprint density at radius 2 is 1.46 bits per heavy atom. The summed E-state index contributed by atoms with van der Waals surface area (Å²) in [6.07, 6.45) is -7.06. The number of ether oxygens (including phenoxy) is 2. The minimum atomic E-state index is -4.78. The highest BCUT2D eigenvalue weighted by molar-refractivity contribution is 5.88. The van der Waals surface area contributed by atoms with E-state index in [1.54, 1.807) is 47.6 Å². The van der Waals surface area contributed by atoms with E-state index in [1.165, 1.54) is 6.07 Å². The maximum atomic E-state index is 13.4. The monoisotopic (exact) mass is 400 g/mol. The van der Waals surface area contributed by atoms with Gasteiger partial charge in [0.1, 0.15) is 11.2 Å². The minimum absolute atomic E-state index is 0.197. The van der Waals surface area contributed by atoms with Crippen molar-refractivity contribution in [3.8, 4) is 6.07 Å². The fourth-order valence-corrected chi connectivity index (χ4v) is 2.06. The molecule has 2 amide bonds. The Bertz CT molecular complexity index is 756. The highest BCUT2D eigenvalue weighted by Gasteiger charge is 2.37. The van der Waals surface area contributed by atoms with Crippen LogP contribution in [-0.2, 0) is 22.2 Å². The first-order valence-corrected chi connectivity index (χ1v) is 8.37. The van der Waals surface area contributed by atoms with Gasteiger partial charge in [0, 0.05) is 0 Å². The first-order chi connectivity index (χ1) is 12.5. The van der Waals surface area contributed by atoms with Crippen LogP contribution in [0.5, 0.6) is 0 Å². The van der Waals surface area contributed by atoms with Crippen molar-refractivity contribution in [2.45, 2.75) is 65.5 Å². The predicted molar refractivity (Wildman–Crippen MR) is 94.2 cm³/mol. The molecule has 0 heterocycles. The number of halogens is 3. The molecule has 1 aromatic rings. The Morgan fingerprint density at radius 3 is 1.82 bits per heavy atom. The van der Waals surface area contributed by atoms with Crippen molar-refractivity contribution in [3.05, 3.63) is 34.9 Å². The normalized spacial score (nSPS) is 12.1. The van der Waals surface area contributed by atoms with Gasteiger partial charge in [0.05, 0.1) is 23.7 Å². The number of carbonyl (C=O) groups excluding carboxylic acids is 2. The van der Waals surface area contributed by atoms with Gasteiger partial charge in [-0.15, -0.1) is 0 Å². The fraction of sp³-hybridized carbons (Fsp3) is 0.526. The number of hydrogen-bond donors (Lipinski definition) is 0. The number of hydrogen-bond acceptors (Lipinski definition) is 5. The smallest absolute Gasteiger partial charge is 0.420 e. The third kappa shape index (κ3) is 7.10. The quantitative estimate of drug-likeness (QED) is 0.677. The van der Waals surface area contributed by atoms with Crippen molar-refractivity contribution in [3.63, 3.8) is 0 Å². The topological polar surface area (TPSA) is 79.6 Å². The number of amides is 2. The second kappa shape index (κ2) is 8.09. The highest BCUT2D eigenvalue weighted by atomic mass is 19.4. The summed E-state index contributed by atoms with van der Waals surface area (Å²) < 4.78 is 50.5. The van der Waals surface area contributed by atoms with Crippen LogP contribution in [0, 0.1) is 11.3 Å². The van der Waals surface area contributed by atoms with Gasteiger partial charge in [-0.3, -0.25) is 0 Å². The molecule has 0 fully saturated rings. The molecular weight excluding hydrogens is 377 g/mol. The van der Waals surface area contributed by atoms with E-state index in [0.717, 1.165) is 6.07 Å². The lowest BCUT2D eigenvalue weighted by Gasteiger charge is -2.29. The van der Waals surface area contributed by atoms with E-state index in [-0.39, 0.29) is 11.1 Å². The molecule has 28 heavy (non-hydrogen) atoms. The van der Waals surface area contributed by atoms with Gasteiger partial charge in [-0.1, -0.05) is 6.07 Å². The average molecular weight is 400 g/mol. The summed E-state index contributed by atoms with van der Waals surface area (Å²) in [5.41, 5.74) is -3.65. The van der Waals surface area contributed by atoms with E-state index in [4.69, 9.17) is 14.7 Å². The lowest BCUT2D eigenvalue weighted by Crippen LogP contribution is -2.43. The molecule has 0 aromatic heterocycles. The van der Waals surface area contributed by atoms with Crippen molar-refractivity contribution < 1.29 is 32.2 Å². The largest absolute Gasteiger partial charge is 0.443 e. The van der Waals surface area contributed by atoms with Gasteiger partial charge < -0.3 is 9.47 Å². The van der Waals surface area contributed by atoms with Gasteiger partial charge in [-0.25, -0.2) is 14.5 Å². The van der Waals surface area contributed by atoms with E-state index in [1.807, 2.05) is 0 Å². The summed E-state index contributed by atoms with van der Waals surface area (Å²) in [7, 11) is 0. The van der Waals surface area contributed by atoms with Crippen LogP contribution in [0.15, 0.2) is 18.2 Å². The maximum absolute atomic E-state index is 13.4. The molecule has 0 spiro atoms. The van der Waals surface area contributed by atoms with Crippen molar-refractivity contribution in [2.24, 2.45) is 0 Å². The molecule has 0 aliphatic rings. The fourth-order valence-electron chi connectivity index (χ4n) is 2.06. The van der Waals surface area contributed by atoms with Gasteiger partial charge >= 0.3 is 18.4 Å². The number of nitriles is 1. The molecule has 0 atom stereocenters. The summed E-state index contributed by atoms with van der Waals surface area (Å²) in [6.45, 7) is 8.61. The van der Waals surface area contributed by atoms with E-state index >= 15 is 0 Å². The molecule has 0 unspecified atom stereocenters. The van der Waals surface area contributed by atoms with Crippen LogP contribution in [0.2, 0.25) is 0 Å². The van der Waals surface area contributed by atoms with Crippen LogP contribution in [0.25, 0.3) is 0 Å². The Balaban J connectivity index is 3.35. The lowest BCUT2D eigenvalue weighted by molar-refractivity contribution is -0.138. The molecule has 0 N–H and O–H groups in total. The first-order valence-electron chi connectivity index (χ1n) is 8.37. The number of benzene rings is 1. The molecule has 0 aliphatic carbocycles. The summed E-state index contributed by atoms with van der Waals surface area (Å²) in [6, 6.07) is 4.51. The summed E-state index contributed by atoms with van der Waals surface area (Å²) in [5, 5.41) is 8.86. The predicted octanol–water partition coefficient (Wildman–Crippen LogP) is 5.25. The third-order valence-electron chi connectivity index (χ3n) is 3.10. The molecule has 0 aliphatic heterocycles. The summed E-state index contributed by atoms with van der Waals surface area (Å²) in [4.78, 5) is 25.4. The van der Waals surface area contributed by atoms with E-state index in [2.05, 4.69) is 0 Å². The number of carbonyl (C=O) groups is 2. The summed E-state index contributed by atoms with van der Waals surface area (Å²) in [5.74, 6) is 0. The van der Waals surface area contributed by atoms with Crippen LogP contribution in [0.1, 0.15) is 58.2 Å². The Labute approximate surface area is 161 Å². The zero-order chi connectivity index (χ0) is 21.9. The van der Waals surface area contributed by atoms with E-state index < -0.39 is 41.7 Å². The second-order valence-corrected chi connectivity index (χ2v) is 8.03. The molecule has 0 radical (unpaired) electrons. The van der Waals surface area contributed by atoms with Crippen LogP contribution in [-0.4, -0.2) is 28.3 Å². The SMILES string of the molecule is CC(C)(C)OC(=O)N(Cc1ccc(C#N)cc1C(F)(F)F)C(=O)OC(C)(C)C. The van der Waals surface area contributed by atoms with Crippen molar-refractivity contribution >= 4 is 12.2 Å². The number of imide groups is 1. The molecule has 9 heteroatoms. The molecule has 1 rings (SSSR count). The Kier molecular flexibility index (Phi) is 6.72. The highest BCUT2D eigenvalue weighted by Crippen LogP contribution is 2.33. The van der Waals surface area contributed by atoms with Gasteiger partial charge in [-0.05, 0) is 59.2 Å². The standard InChI is InChI=1S/C19H23F3N2O4/c1-17(2,3)27-15(25)24(16(26)28-18(4,5)6)11-13-8-7-12(10-23)9-14(13)19(20,21)22/h7-9H,11H2,1-6H3. The van der Waals surface area contributed by atoms with Crippen molar-refractivity contribution in [1.82, 2.24) is 4.90 Å². The zero-order valence-electron chi connectivity index (χ0n) is 16.6. The van der Waals surface area contributed by atoms with Gasteiger partial charge in [-0.2, -0.15) is 18.4 Å². The number of rotatable bonds is 2. The minimum Gasteiger partial charge on any atom is -0.443 e. The van der Waals surface area contributed by atoms with E-state index in [0.29, 0.717) is 11.0 Å². The molecule has 0 saturated heterocycles. The molecule has 154 valence electrons. The van der Waals surface area contributed by atoms with Gasteiger partial charge in [0.2, 0.25) is 0 Å². The Hall–Kier alpha value is -2.76. The van der Waals surface area contributed by atoms with Gasteiger partial charge in [0.25, 0.3) is 0 Å². The van der Waals surface area contributed by atoms with Crippen LogP contribution >= 0.6 is 0 Å². The molecule has 1 aromatic carbocycles. The average Bonchev–Trinajstić information content (AvgIpc) is 2.47. The molecular formula is C19H23F3N2O4. The Morgan fingerprint density at radius 1 is 1.00 bits per heavy atom. The zero-order valence-corrected chi connectivity index (χ0v) is 16.6. The second-order valence-electron chi connectivity index (χ2n) is 8.03. The lowest BCUT2D eigenvalue weighted by atomic mass is 10.0. The molecule has 0 saturated carbocycles. The summed E-state index contributed by atoms with van der Waals surface area (Å²) >= 11 is 0. The van der Waals surface area contributed by atoms with Crippen LogP contribution in [0.4, 0.5) is 22.8 Å². The third-order valence-corrected chi connectivity index (χ3v) is 3.10. The number of alkyl halides is 3.